The zero-order valence-electron chi connectivity index (χ0n) is 9.45. The summed E-state index contributed by atoms with van der Waals surface area (Å²) < 4.78 is 0. The molecule has 1 aliphatic carbocycles. The van der Waals surface area contributed by atoms with E-state index in [1.165, 1.54) is 39.0 Å². The van der Waals surface area contributed by atoms with Crippen LogP contribution in [0.4, 0.5) is 0 Å². The molecule has 0 radical (unpaired) electrons. The van der Waals surface area contributed by atoms with Gasteiger partial charge in [-0.05, 0) is 37.6 Å². The average molecular weight is 194 g/mol. The van der Waals surface area contributed by atoms with Crippen LogP contribution >= 0.6 is 0 Å². The van der Waals surface area contributed by atoms with E-state index in [1.807, 2.05) is 0 Å². The minimum absolute atomic E-state index is 0.904. The molecular weight excluding hydrogens is 172 g/mol. The highest BCUT2D eigenvalue weighted by Gasteiger charge is 2.43. The first-order valence-electron chi connectivity index (χ1n) is 6.15. The molecule has 0 bridgehead atoms. The molecule has 3 fully saturated rings. The maximum Gasteiger partial charge on any atom is 0.0350 e. The molecule has 2 saturated heterocycles. The van der Waals surface area contributed by atoms with Crippen LogP contribution in [0.2, 0.25) is 0 Å². The van der Waals surface area contributed by atoms with E-state index in [0.29, 0.717) is 0 Å². The zero-order valence-corrected chi connectivity index (χ0v) is 9.45. The molecule has 0 aromatic rings. The number of rotatable bonds is 1. The van der Waals surface area contributed by atoms with Gasteiger partial charge in [0.1, 0.15) is 0 Å². The predicted octanol–water partition coefficient (Wildman–Crippen LogP) is 1.28. The highest BCUT2D eigenvalue weighted by molar-refractivity contribution is 4.96. The smallest absolute Gasteiger partial charge is 0.0350 e. The Morgan fingerprint density at radius 1 is 0.929 bits per heavy atom. The normalized spacial score (nSPS) is 41.6. The fourth-order valence-corrected chi connectivity index (χ4v) is 3.83. The molecule has 0 N–H and O–H groups in total. The van der Waals surface area contributed by atoms with Crippen molar-refractivity contribution in [2.75, 3.05) is 33.2 Å². The van der Waals surface area contributed by atoms with Crippen LogP contribution in [0.25, 0.3) is 0 Å². The van der Waals surface area contributed by atoms with Crippen molar-refractivity contribution in [3.05, 3.63) is 0 Å². The molecule has 3 rings (SSSR count). The van der Waals surface area contributed by atoms with Gasteiger partial charge in [-0.15, -0.1) is 0 Å². The Balaban J connectivity index is 1.57. The van der Waals surface area contributed by atoms with Gasteiger partial charge in [0.25, 0.3) is 0 Å². The van der Waals surface area contributed by atoms with Gasteiger partial charge in [0.05, 0.1) is 0 Å². The van der Waals surface area contributed by atoms with Crippen LogP contribution in [0.3, 0.4) is 0 Å². The highest BCUT2D eigenvalue weighted by Crippen LogP contribution is 2.42. The molecule has 2 heteroatoms. The molecular formula is C12H22N2. The van der Waals surface area contributed by atoms with Crippen LogP contribution in [-0.2, 0) is 0 Å². The molecule has 14 heavy (non-hydrogen) atoms. The van der Waals surface area contributed by atoms with Crippen LogP contribution in [0.1, 0.15) is 19.8 Å². The van der Waals surface area contributed by atoms with E-state index >= 15 is 0 Å². The minimum atomic E-state index is 0.904. The van der Waals surface area contributed by atoms with Gasteiger partial charge in [-0.25, -0.2) is 0 Å². The molecule has 2 aliphatic heterocycles. The summed E-state index contributed by atoms with van der Waals surface area (Å²) in [6, 6.07) is 0.904. The fraction of sp³-hybridized carbons (Fsp3) is 1.00. The molecule has 0 aromatic carbocycles. The molecule has 3 aliphatic rings. The van der Waals surface area contributed by atoms with Crippen molar-refractivity contribution < 1.29 is 0 Å². The quantitative estimate of drug-likeness (QED) is 0.620. The Hall–Kier alpha value is -0.0800. The van der Waals surface area contributed by atoms with Gasteiger partial charge in [-0.3, -0.25) is 4.90 Å². The third kappa shape index (κ3) is 1.40. The summed E-state index contributed by atoms with van der Waals surface area (Å²) in [4.78, 5) is 5.20. The summed E-state index contributed by atoms with van der Waals surface area (Å²) in [6.07, 6.45) is 3.01. The van der Waals surface area contributed by atoms with E-state index in [1.54, 1.807) is 0 Å². The topological polar surface area (TPSA) is 6.48 Å². The monoisotopic (exact) mass is 194 g/mol. The van der Waals surface area contributed by atoms with Crippen LogP contribution in [0.15, 0.2) is 0 Å². The molecule has 1 saturated carbocycles. The molecule has 0 unspecified atom stereocenters. The molecule has 0 spiro atoms. The summed E-state index contributed by atoms with van der Waals surface area (Å²) in [5.74, 6) is 3.11. The highest BCUT2D eigenvalue weighted by atomic mass is 15.3. The molecule has 0 amide bonds. The van der Waals surface area contributed by atoms with E-state index in [-0.39, 0.29) is 0 Å². The van der Waals surface area contributed by atoms with Crippen molar-refractivity contribution in [1.82, 2.24) is 9.80 Å². The number of nitrogens with zero attached hydrogens (tertiary/aromatic N) is 2. The van der Waals surface area contributed by atoms with Crippen molar-refractivity contribution in [2.45, 2.75) is 25.8 Å². The van der Waals surface area contributed by atoms with Gasteiger partial charge in [-0.1, -0.05) is 6.92 Å². The lowest BCUT2D eigenvalue weighted by molar-refractivity contribution is 0.0627. The lowest BCUT2D eigenvalue weighted by atomic mass is 10.0. The van der Waals surface area contributed by atoms with Gasteiger partial charge in [0.2, 0.25) is 0 Å². The lowest BCUT2D eigenvalue weighted by Gasteiger charge is -2.42. The molecule has 0 aromatic heterocycles. The van der Waals surface area contributed by atoms with Gasteiger partial charge in [0, 0.05) is 32.2 Å². The maximum absolute atomic E-state index is 2.77. The number of fused-ring (bicyclic) bond motifs is 1. The average Bonchev–Trinajstić information content (AvgIpc) is 2.54. The summed E-state index contributed by atoms with van der Waals surface area (Å²) in [5.41, 5.74) is 0. The third-order valence-corrected chi connectivity index (χ3v) is 4.58. The van der Waals surface area contributed by atoms with Crippen LogP contribution in [0, 0.1) is 17.8 Å². The molecule has 2 nitrogen and oxygen atoms in total. The largest absolute Gasteiger partial charge is 0.303 e. The Bertz CT molecular complexity index is 208. The number of likely N-dealkylation sites (N-methyl/N-ethyl adjacent to an activating group) is 1. The second-order valence-corrected chi connectivity index (χ2v) is 5.93. The Labute approximate surface area is 87.3 Å². The van der Waals surface area contributed by atoms with Crippen molar-refractivity contribution in [1.29, 1.82) is 0 Å². The first-order valence-corrected chi connectivity index (χ1v) is 6.15. The summed E-state index contributed by atoms with van der Waals surface area (Å²) in [6.45, 7) is 7.88. The van der Waals surface area contributed by atoms with E-state index < -0.39 is 0 Å². The predicted molar refractivity (Wildman–Crippen MR) is 58.2 cm³/mol. The minimum Gasteiger partial charge on any atom is -0.303 e. The summed E-state index contributed by atoms with van der Waals surface area (Å²) in [7, 11) is 2.23. The Kier molecular flexibility index (Phi) is 2.10. The maximum atomic E-state index is 2.77. The van der Waals surface area contributed by atoms with E-state index in [9.17, 15) is 0 Å². The second-order valence-electron chi connectivity index (χ2n) is 5.93. The van der Waals surface area contributed by atoms with Crippen molar-refractivity contribution in [2.24, 2.45) is 17.8 Å². The van der Waals surface area contributed by atoms with Crippen LogP contribution in [0.5, 0.6) is 0 Å². The molecule has 2 atom stereocenters. The summed E-state index contributed by atoms with van der Waals surface area (Å²) >= 11 is 0. The van der Waals surface area contributed by atoms with Gasteiger partial charge >= 0.3 is 0 Å². The van der Waals surface area contributed by atoms with Crippen LogP contribution < -0.4 is 0 Å². The Morgan fingerprint density at radius 2 is 1.50 bits per heavy atom. The third-order valence-electron chi connectivity index (χ3n) is 4.58. The van der Waals surface area contributed by atoms with E-state index in [4.69, 9.17) is 0 Å². The summed E-state index contributed by atoms with van der Waals surface area (Å²) in [5, 5.41) is 0. The number of hydrogen-bond donors (Lipinski definition) is 0. The number of hydrogen-bond acceptors (Lipinski definition) is 2. The van der Waals surface area contributed by atoms with Gasteiger partial charge in [-0.2, -0.15) is 0 Å². The first kappa shape index (κ1) is 9.17. The molecule has 2 heterocycles. The second kappa shape index (κ2) is 3.21. The van der Waals surface area contributed by atoms with Crippen molar-refractivity contribution >= 4 is 0 Å². The SMILES string of the molecule is CC1C[C@H]2CN(C3CN(C)C3)C[C@@H]2C1. The van der Waals surface area contributed by atoms with Crippen molar-refractivity contribution in [3.63, 3.8) is 0 Å². The van der Waals surface area contributed by atoms with E-state index in [0.717, 1.165) is 23.8 Å². The number of likely N-dealkylation sites (tertiary alicyclic amines) is 2. The van der Waals surface area contributed by atoms with Gasteiger partial charge < -0.3 is 4.90 Å². The molecule has 80 valence electrons. The van der Waals surface area contributed by atoms with Gasteiger partial charge in [0.15, 0.2) is 0 Å². The van der Waals surface area contributed by atoms with Crippen LogP contribution in [-0.4, -0.2) is 49.1 Å². The first-order chi connectivity index (χ1) is 6.72. The zero-order chi connectivity index (χ0) is 9.71. The van der Waals surface area contributed by atoms with Crippen molar-refractivity contribution in [3.8, 4) is 0 Å². The lowest BCUT2D eigenvalue weighted by Crippen LogP contribution is -2.57. The fourth-order valence-electron chi connectivity index (χ4n) is 3.83. The Morgan fingerprint density at radius 3 is 2.00 bits per heavy atom. The van der Waals surface area contributed by atoms with E-state index in [2.05, 4.69) is 23.8 Å². The standard InChI is InChI=1S/C12H22N2/c1-9-3-10-5-14(6-11(10)4-9)12-7-13(2)8-12/h9-12H,3-8H2,1-2H3/t10-,11-/m0/s1.